The number of aliphatic imine (C=N–C) groups is 1. The van der Waals surface area contributed by atoms with Gasteiger partial charge in [0.1, 0.15) is 10.9 Å². The molecule has 0 saturated carbocycles. The summed E-state index contributed by atoms with van der Waals surface area (Å²) in [5.74, 6) is -0.138. The Bertz CT molecular complexity index is 739. The molecule has 7 heteroatoms. The zero-order chi connectivity index (χ0) is 14.5. The number of fused-ring (bicyclic) bond motifs is 2. The largest absolute Gasteiger partial charge is 0.276 e. The van der Waals surface area contributed by atoms with Crippen LogP contribution in [0.15, 0.2) is 46.8 Å². The van der Waals surface area contributed by atoms with Crippen molar-refractivity contribution in [1.29, 1.82) is 0 Å². The van der Waals surface area contributed by atoms with Crippen LogP contribution in [0.4, 0.5) is 5.69 Å². The Morgan fingerprint density at radius 2 is 2.10 bits per heavy atom. The van der Waals surface area contributed by atoms with Crippen molar-refractivity contribution in [2.75, 3.05) is 6.54 Å². The van der Waals surface area contributed by atoms with Crippen LogP contribution in [0.3, 0.4) is 0 Å². The second-order valence-electron chi connectivity index (χ2n) is 4.59. The number of hydrogen-bond acceptors (Lipinski definition) is 4. The van der Waals surface area contributed by atoms with Crippen molar-refractivity contribution in [3.63, 3.8) is 0 Å². The lowest BCUT2D eigenvalue weighted by Gasteiger charge is -2.27. The highest BCUT2D eigenvalue weighted by atomic mass is 32.2. The molecule has 2 aliphatic heterocycles. The third-order valence-corrected chi connectivity index (χ3v) is 5.25. The molecule has 0 spiro atoms. The van der Waals surface area contributed by atoms with Gasteiger partial charge >= 0.3 is 0 Å². The normalized spacial score (nSPS) is 23.1. The second-order valence-corrected chi connectivity index (χ2v) is 6.38. The van der Waals surface area contributed by atoms with Gasteiger partial charge < -0.3 is 0 Å². The number of amides is 1. The van der Waals surface area contributed by atoms with Crippen LogP contribution in [0.5, 0.6) is 0 Å². The third kappa shape index (κ3) is 1.53. The van der Waals surface area contributed by atoms with Crippen molar-refractivity contribution >= 4 is 27.6 Å². The summed E-state index contributed by atoms with van der Waals surface area (Å²) >= 11 is 0. The van der Waals surface area contributed by atoms with Gasteiger partial charge in [0.15, 0.2) is 0 Å². The van der Waals surface area contributed by atoms with Gasteiger partial charge in [0, 0.05) is 6.54 Å². The number of carbonyl (C=O) groups excluding carboxylic acids is 1. The first-order chi connectivity index (χ1) is 9.48. The molecule has 3 rings (SSSR count). The van der Waals surface area contributed by atoms with Crippen molar-refractivity contribution in [3.05, 3.63) is 36.9 Å². The van der Waals surface area contributed by atoms with Gasteiger partial charge in [-0.1, -0.05) is 18.2 Å². The summed E-state index contributed by atoms with van der Waals surface area (Å²) in [7, 11) is -3.75. The molecule has 6 nitrogen and oxygen atoms in total. The van der Waals surface area contributed by atoms with Gasteiger partial charge in [0.2, 0.25) is 5.96 Å². The standard InChI is InChI=1S/C13H13N3O3S/c1-3-8-15-12(17)9(2)16-13(15)14-10-6-4-5-7-11(10)20(16,18)19/h3-7,9H,1,8H2,2H3. The van der Waals surface area contributed by atoms with Gasteiger partial charge in [-0.05, 0) is 19.1 Å². The number of hydrogen-bond donors (Lipinski definition) is 0. The van der Waals surface area contributed by atoms with Crippen LogP contribution in [0, 0.1) is 0 Å². The fourth-order valence-electron chi connectivity index (χ4n) is 2.42. The minimum Gasteiger partial charge on any atom is -0.276 e. The second kappa shape index (κ2) is 4.17. The number of sulfonamides is 1. The maximum Gasteiger partial charge on any atom is 0.269 e. The first kappa shape index (κ1) is 12.9. The average Bonchev–Trinajstić information content (AvgIpc) is 2.65. The van der Waals surface area contributed by atoms with E-state index in [1.165, 1.54) is 11.0 Å². The molecule has 1 saturated heterocycles. The Balaban J connectivity index is 2.26. The summed E-state index contributed by atoms with van der Waals surface area (Å²) in [6.07, 6.45) is 1.55. The molecule has 1 unspecified atom stereocenters. The molecule has 0 bridgehead atoms. The van der Waals surface area contributed by atoms with Crippen LogP contribution < -0.4 is 0 Å². The number of nitrogens with zero attached hydrogens (tertiary/aromatic N) is 3. The fraction of sp³-hybridized carbons (Fsp3) is 0.231. The minimum absolute atomic E-state index is 0.129. The van der Waals surface area contributed by atoms with Gasteiger partial charge in [-0.25, -0.2) is 17.7 Å². The topological polar surface area (TPSA) is 70.1 Å². The summed E-state index contributed by atoms with van der Waals surface area (Å²) in [4.78, 5) is 18.0. The van der Waals surface area contributed by atoms with E-state index in [9.17, 15) is 13.2 Å². The average molecular weight is 291 g/mol. The number of para-hydroxylation sites is 1. The van der Waals surface area contributed by atoms with Crippen LogP contribution in [-0.4, -0.2) is 42.1 Å². The summed E-state index contributed by atoms with van der Waals surface area (Å²) < 4.78 is 26.3. The first-order valence-electron chi connectivity index (χ1n) is 6.13. The van der Waals surface area contributed by atoms with Gasteiger partial charge in [-0.15, -0.1) is 6.58 Å². The van der Waals surface area contributed by atoms with Crippen LogP contribution in [0.2, 0.25) is 0 Å². The molecule has 20 heavy (non-hydrogen) atoms. The van der Waals surface area contributed by atoms with E-state index in [-0.39, 0.29) is 23.3 Å². The highest BCUT2D eigenvalue weighted by Crippen LogP contribution is 2.36. The van der Waals surface area contributed by atoms with E-state index in [2.05, 4.69) is 11.6 Å². The van der Waals surface area contributed by atoms with E-state index in [4.69, 9.17) is 0 Å². The van der Waals surface area contributed by atoms with E-state index in [0.717, 1.165) is 4.31 Å². The lowest BCUT2D eigenvalue weighted by atomic mass is 10.3. The molecule has 1 aromatic carbocycles. The monoisotopic (exact) mass is 291 g/mol. The molecule has 0 aliphatic carbocycles. The van der Waals surface area contributed by atoms with Crippen molar-refractivity contribution in [3.8, 4) is 0 Å². The molecule has 2 heterocycles. The van der Waals surface area contributed by atoms with Crippen LogP contribution >= 0.6 is 0 Å². The van der Waals surface area contributed by atoms with E-state index in [1.54, 1.807) is 31.2 Å². The van der Waals surface area contributed by atoms with E-state index >= 15 is 0 Å². The van der Waals surface area contributed by atoms with Crippen LogP contribution in [0.1, 0.15) is 6.92 Å². The molecule has 1 atom stereocenters. The van der Waals surface area contributed by atoms with Crippen molar-refractivity contribution in [2.45, 2.75) is 17.9 Å². The Labute approximate surface area is 117 Å². The minimum atomic E-state index is -3.75. The third-order valence-electron chi connectivity index (χ3n) is 3.35. The highest BCUT2D eigenvalue weighted by Gasteiger charge is 2.49. The first-order valence-corrected chi connectivity index (χ1v) is 7.57. The predicted octanol–water partition coefficient (Wildman–Crippen LogP) is 1.10. The number of carbonyl (C=O) groups is 1. The van der Waals surface area contributed by atoms with Crippen molar-refractivity contribution in [1.82, 2.24) is 9.21 Å². The Kier molecular flexibility index (Phi) is 2.68. The summed E-state index contributed by atoms with van der Waals surface area (Å²) in [6.45, 7) is 5.38. The molecule has 1 amide bonds. The van der Waals surface area contributed by atoms with E-state index in [1.807, 2.05) is 0 Å². The van der Waals surface area contributed by atoms with Crippen LogP contribution in [0.25, 0.3) is 0 Å². The molecule has 1 fully saturated rings. The van der Waals surface area contributed by atoms with Crippen molar-refractivity contribution < 1.29 is 13.2 Å². The lowest BCUT2D eigenvalue weighted by molar-refractivity contribution is -0.126. The lowest BCUT2D eigenvalue weighted by Crippen LogP contribution is -2.42. The number of rotatable bonds is 2. The predicted molar refractivity (Wildman–Crippen MR) is 73.9 cm³/mol. The summed E-state index contributed by atoms with van der Waals surface area (Å²) in [5.41, 5.74) is 0.356. The zero-order valence-corrected chi connectivity index (χ0v) is 11.7. The van der Waals surface area contributed by atoms with Crippen LogP contribution in [-0.2, 0) is 14.8 Å². The molecule has 0 radical (unpaired) electrons. The highest BCUT2D eigenvalue weighted by molar-refractivity contribution is 7.90. The van der Waals surface area contributed by atoms with E-state index in [0.29, 0.717) is 5.69 Å². The van der Waals surface area contributed by atoms with E-state index < -0.39 is 16.1 Å². The van der Waals surface area contributed by atoms with Gasteiger partial charge in [0.25, 0.3) is 15.9 Å². The number of guanidine groups is 1. The Morgan fingerprint density at radius 1 is 1.40 bits per heavy atom. The molecule has 104 valence electrons. The quantitative estimate of drug-likeness (QED) is 0.766. The zero-order valence-electron chi connectivity index (χ0n) is 10.9. The molecular weight excluding hydrogens is 278 g/mol. The molecule has 2 aliphatic rings. The van der Waals surface area contributed by atoms with Gasteiger partial charge in [-0.2, -0.15) is 0 Å². The molecule has 1 aromatic rings. The Morgan fingerprint density at radius 3 is 2.80 bits per heavy atom. The molecule has 0 aromatic heterocycles. The van der Waals surface area contributed by atoms with Gasteiger partial charge in [0.05, 0.1) is 5.69 Å². The summed E-state index contributed by atoms with van der Waals surface area (Å²) in [5, 5.41) is 0. The SMILES string of the molecule is C=CCN1C(=O)C(C)N2C1=Nc1ccccc1S2(=O)=O. The fourth-order valence-corrected chi connectivity index (χ4v) is 4.13. The smallest absolute Gasteiger partial charge is 0.269 e. The van der Waals surface area contributed by atoms with Crippen molar-refractivity contribution in [2.24, 2.45) is 4.99 Å². The summed E-state index contributed by atoms with van der Waals surface area (Å²) in [6, 6.07) is 5.69. The maximum atomic E-state index is 12.6. The number of benzene rings is 1. The van der Waals surface area contributed by atoms with Gasteiger partial charge in [-0.3, -0.25) is 9.69 Å². The molecule has 0 N–H and O–H groups in total. The Hall–Kier alpha value is -2.15. The molecular formula is C13H13N3O3S. The maximum absolute atomic E-state index is 12.6.